The predicted molar refractivity (Wildman–Crippen MR) is 132 cm³/mol. The maximum Gasteiger partial charge on any atom is 0.458 e. The SMILES string of the molecule is CCS(=O)(=O)c1cc(-c2ccc(C(C)C)cc2)cnc1C(=Nc1ccc(C(F)(F)C(F)(F)F)cn1)NOC. The number of amidine groups is 1. The van der Waals surface area contributed by atoms with E-state index in [9.17, 15) is 30.4 Å². The molecule has 3 aromatic rings. The molecule has 3 rings (SSSR count). The Bertz CT molecular complexity index is 1410. The molecule has 0 aliphatic carbocycles. The summed E-state index contributed by atoms with van der Waals surface area (Å²) in [6, 6.07) is 10.4. The minimum absolute atomic E-state index is 0.150. The van der Waals surface area contributed by atoms with E-state index in [1.165, 1.54) is 26.3 Å². The van der Waals surface area contributed by atoms with Crippen molar-refractivity contribution in [1.82, 2.24) is 15.4 Å². The van der Waals surface area contributed by atoms with Crippen molar-refractivity contribution in [3.05, 3.63) is 71.7 Å². The number of alkyl halides is 5. The van der Waals surface area contributed by atoms with Crippen LogP contribution in [-0.2, 0) is 20.6 Å². The van der Waals surface area contributed by atoms with Gasteiger partial charge >= 0.3 is 12.1 Å². The second-order valence-corrected chi connectivity index (χ2v) is 10.7. The number of aliphatic imine (C=N–C) groups is 1. The van der Waals surface area contributed by atoms with Gasteiger partial charge < -0.3 is 0 Å². The largest absolute Gasteiger partial charge is 0.458 e. The van der Waals surface area contributed by atoms with Crippen LogP contribution >= 0.6 is 0 Å². The molecule has 0 saturated heterocycles. The zero-order valence-corrected chi connectivity index (χ0v) is 21.7. The smallest absolute Gasteiger partial charge is 0.278 e. The van der Waals surface area contributed by atoms with Crippen LogP contribution in [0, 0.1) is 0 Å². The molecule has 0 saturated carbocycles. The standard InChI is InChI=1S/C25H25F5N4O3S/c1-5-38(35,36)20-12-18(17-8-6-16(7-9-17)15(2)3)13-32-22(20)23(34-37-4)33-21-11-10-19(14-31-21)24(26,27)25(28,29)30/h6-15H,5H2,1-4H3,(H,31,33,34). The van der Waals surface area contributed by atoms with Gasteiger partial charge in [0.15, 0.2) is 21.5 Å². The Labute approximate surface area is 216 Å². The first-order valence-electron chi connectivity index (χ1n) is 11.3. The van der Waals surface area contributed by atoms with Gasteiger partial charge in [-0.25, -0.2) is 23.9 Å². The molecule has 204 valence electrons. The van der Waals surface area contributed by atoms with E-state index in [0.717, 1.165) is 17.2 Å². The number of nitrogens with zero attached hydrogens (tertiary/aromatic N) is 3. The molecule has 0 radical (unpaired) electrons. The topological polar surface area (TPSA) is 93.5 Å². The van der Waals surface area contributed by atoms with E-state index < -0.39 is 27.5 Å². The minimum Gasteiger partial charge on any atom is -0.278 e. The van der Waals surface area contributed by atoms with Gasteiger partial charge in [0.05, 0.1) is 17.8 Å². The van der Waals surface area contributed by atoms with E-state index in [-0.39, 0.29) is 28.0 Å². The van der Waals surface area contributed by atoms with Crippen LogP contribution in [0.25, 0.3) is 11.1 Å². The molecule has 0 spiro atoms. The van der Waals surface area contributed by atoms with Gasteiger partial charge in [-0.15, -0.1) is 0 Å². The molecule has 0 unspecified atom stereocenters. The third-order valence-corrected chi connectivity index (χ3v) is 7.34. The van der Waals surface area contributed by atoms with Gasteiger partial charge in [0, 0.05) is 23.5 Å². The number of hydroxylamine groups is 1. The number of nitrogens with one attached hydrogen (secondary N) is 1. The molecule has 0 aliphatic heterocycles. The monoisotopic (exact) mass is 556 g/mol. The summed E-state index contributed by atoms with van der Waals surface area (Å²) in [5.41, 5.74) is 3.21. The number of hydrogen-bond donors (Lipinski definition) is 1. The van der Waals surface area contributed by atoms with Crippen molar-refractivity contribution in [2.45, 2.75) is 43.7 Å². The molecule has 38 heavy (non-hydrogen) atoms. The molecular weight excluding hydrogens is 531 g/mol. The van der Waals surface area contributed by atoms with E-state index in [2.05, 4.69) is 20.4 Å². The van der Waals surface area contributed by atoms with Gasteiger partial charge in [-0.1, -0.05) is 45.0 Å². The van der Waals surface area contributed by atoms with Crippen LogP contribution in [-0.4, -0.2) is 43.3 Å². The van der Waals surface area contributed by atoms with Crippen molar-refractivity contribution in [3.63, 3.8) is 0 Å². The Morgan fingerprint density at radius 2 is 1.66 bits per heavy atom. The van der Waals surface area contributed by atoms with Crippen molar-refractivity contribution in [3.8, 4) is 11.1 Å². The zero-order valence-electron chi connectivity index (χ0n) is 20.8. The molecule has 1 aromatic carbocycles. The lowest BCUT2D eigenvalue weighted by Crippen LogP contribution is -2.33. The highest BCUT2D eigenvalue weighted by molar-refractivity contribution is 7.91. The van der Waals surface area contributed by atoms with Gasteiger partial charge in [-0.3, -0.25) is 9.82 Å². The number of aromatic nitrogens is 2. The Morgan fingerprint density at radius 1 is 1.00 bits per heavy atom. The fourth-order valence-corrected chi connectivity index (χ4v) is 4.43. The molecule has 0 amide bonds. The summed E-state index contributed by atoms with van der Waals surface area (Å²) in [6.45, 7) is 5.54. The molecule has 0 fully saturated rings. The van der Waals surface area contributed by atoms with Gasteiger partial charge in [-0.2, -0.15) is 22.0 Å². The zero-order chi connectivity index (χ0) is 28.3. The molecule has 2 aromatic heterocycles. The lowest BCUT2D eigenvalue weighted by atomic mass is 9.99. The third kappa shape index (κ3) is 6.16. The van der Waals surface area contributed by atoms with E-state index in [4.69, 9.17) is 4.84 Å². The third-order valence-electron chi connectivity index (χ3n) is 5.59. The van der Waals surface area contributed by atoms with Gasteiger partial charge in [0.25, 0.3) is 0 Å². The molecule has 0 aliphatic rings. The highest BCUT2D eigenvalue weighted by Gasteiger charge is 2.58. The normalized spacial score (nSPS) is 13.2. The first-order chi connectivity index (χ1) is 17.7. The average molecular weight is 557 g/mol. The highest BCUT2D eigenvalue weighted by Crippen LogP contribution is 2.43. The van der Waals surface area contributed by atoms with Crippen molar-refractivity contribution in [1.29, 1.82) is 0 Å². The summed E-state index contributed by atoms with van der Waals surface area (Å²) < 4.78 is 91.1. The summed E-state index contributed by atoms with van der Waals surface area (Å²) in [7, 11) is -2.65. The molecule has 1 N–H and O–H groups in total. The molecule has 7 nitrogen and oxygen atoms in total. The summed E-state index contributed by atoms with van der Waals surface area (Å²) in [6.07, 6.45) is -4.02. The average Bonchev–Trinajstić information content (AvgIpc) is 2.88. The van der Waals surface area contributed by atoms with Crippen LogP contribution in [0.4, 0.5) is 27.8 Å². The Morgan fingerprint density at radius 3 is 2.16 bits per heavy atom. The van der Waals surface area contributed by atoms with Crippen molar-refractivity contribution in [2.75, 3.05) is 12.9 Å². The number of sulfone groups is 1. The van der Waals surface area contributed by atoms with Gasteiger partial charge in [-0.05, 0) is 35.2 Å². The van der Waals surface area contributed by atoms with Gasteiger partial charge in [0.1, 0.15) is 5.69 Å². The van der Waals surface area contributed by atoms with Crippen LogP contribution in [0.1, 0.15) is 43.5 Å². The maximum absolute atomic E-state index is 13.6. The van der Waals surface area contributed by atoms with Crippen molar-refractivity contribution >= 4 is 21.5 Å². The Balaban J connectivity index is 2.10. The summed E-state index contributed by atoms with van der Waals surface area (Å²) in [5, 5.41) is 0. The Kier molecular flexibility index (Phi) is 8.52. The second-order valence-electron chi connectivity index (χ2n) is 8.49. The fourth-order valence-electron chi connectivity index (χ4n) is 3.37. The lowest BCUT2D eigenvalue weighted by Gasteiger charge is -2.19. The predicted octanol–water partition coefficient (Wildman–Crippen LogP) is 5.94. The molecule has 2 heterocycles. The second kappa shape index (κ2) is 11.1. The van der Waals surface area contributed by atoms with Crippen LogP contribution < -0.4 is 5.48 Å². The first-order valence-corrected chi connectivity index (χ1v) is 13.0. The summed E-state index contributed by atoms with van der Waals surface area (Å²) in [5.74, 6) is -5.60. The maximum atomic E-state index is 13.6. The van der Waals surface area contributed by atoms with E-state index in [1.807, 2.05) is 38.1 Å². The van der Waals surface area contributed by atoms with E-state index >= 15 is 0 Å². The Hall–Kier alpha value is -3.45. The van der Waals surface area contributed by atoms with Crippen LogP contribution in [0.5, 0.6) is 0 Å². The minimum atomic E-state index is -5.80. The quantitative estimate of drug-likeness (QED) is 0.160. The van der Waals surface area contributed by atoms with Crippen LogP contribution in [0.2, 0.25) is 0 Å². The number of pyridine rings is 2. The van der Waals surface area contributed by atoms with Crippen molar-refractivity contribution < 1.29 is 35.2 Å². The number of rotatable bonds is 8. The summed E-state index contributed by atoms with van der Waals surface area (Å²) in [4.78, 5) is 16.6. The van der Waals surface area contributed by atoms with E-state index in [0.29, 0.717) is 23.7 Å². The fraction of sp³-hybridized carbons (Fsp3) is 0.320. The molecular formula is C25H25F5N4O3S. The number of benzene rings is 1. The lowest BCUT2D eigenvalue weighted by molar-refractivity contribution is -0.289. The van der Waals surface area contributed by atoms with Crippen LogP contribution in [0.15, 0.2) is 64.7 Å². The molecule has 0 atom stereocenters. The summed E-state index contributed by atoms with van der Waals surface area (Å²) >= 11 is 0. The molecule has 0 bridgehead atoms. The first kappa shape index (κ1) is 29.1. The number of hydrogen-bond acceptors (Lipinski definition) is 6. The molecule has 13 heteroatoms. The number of halogens is 5. The van der Waals surface area contributed by atoms with Gasteiger partial charge in [0.2, 0.25) is 0 Å². The van der Waals surface area contributed by atoms with Crippen molar-refractivity contribution in [2.24, 2.45) is 4.99 Å². The highest BCUT2D eigenvalue weighted by atomic mass is 32.2. The van der Waals surface area contributed by atoms with Crippen LogP contribution in [0.3, 0.4) is 0 Å². The van der Waals surface area contributed by atoms with E-state index in [1.54, 1.807) is 0 Å².